The minimum absolute atomic E-state index is 0.302. The van der Waals surface area contributed by atoms with Gasteiger partial charge in [0.15, 0.2) is 3.92 Å². The smallest absolute Gasteiger partial charge is 0.338 e. The van der Waals surface area contributed by atoms with Crippen molar-refractivity contribution in [1.29, 1.82) is 0 Å². The summed E-state index contributed by atoms with van der Waals surface area (Å²) in [6, 6.07) is 5.38. The van der Waals surface area contributed by atoms with Crippen LogP contribution in [0.25, 0.3) is 10.2 Å². The van der Waals surface area contributed by atoms with Crippen LogP contribution in [0.3, 0.4) is 0 Å². The Morgan fingerprint density at radius 2 is 2.12 bits per heavy atom. The lowest BCUT2D eigenvalue weighted by atomic mass is 10.1. The van der Waals surface area contributed by atoms with E-state index in [0.717, 1.165) is 14.1 Å². The van der Waals surface area contributed by atoms with E-state index < -0.39 is 5.60 Å². The number of esters is 1. The Hall–Kier alpha value is -0.940. The quantitative estimate of drug-likeness (QED) is 0.747. The molecule has 0 unspecified atom stereocenters. The molecule has 90 valence electrons. The van der Waals surface area contributed by atoms with Crippen LogP contribution in [0.2, 0.25) is 0 Å². The number of benzene rings is 1. The molecule has 0 amide bonds. The van der Waals surface area contributed by atoms with Gasteiger partial charge in [0.25, 0.3) is 0 Å². The highest BCUT2D eigenvalue weighted by atomic mass is 79.9. The van der Waals surface area contributed by atoms with Crippen LogP contribution in [0.1, 0.15) is 31.1 Å². The van der Waals surface area contributed by atoms with E-state index in [4.69, 9.17) is 4.74 Å². The van der Waals surface area contributed by atoms with Crippen LogP contribution in [0, 0.1) is 0 Å². The maximum Gasteiger partial charge on any atom is 0.338 e. The number of rotatable bonds is 1. The molecule has 0 N–H and O–H groups in total. The summed E-state index contributed by atoms with van der Waals surface area (Å²) in [5.41, 5.74) is 0.970. The van der Waals surface area contributed by atoms with Gasteiger partial charge in [0.05, 0.1) is 15.8 Å². The second-order valence-corrected chi connectivity index (χ2v) is 6.96. The first-order chi connectivity index (χ1) is 7.85. The zero-order chi connectivity index (χ0) is 12.6. The largest absolute Gasteiger partial charge is 0.456 e. The number of hydrogen-bond donors (Lipinski definition) is 0. The van der Waals surface area contributed by atoms with Gasteiger partial charge >= 0.3 is 5.97 Å². The number of aromatic nitrogens is 1. The highest BCUT2D eigenvalue weighted by Crippen LogP contribution is 2.27. The second kappa shape index (κ2) is 4.38. The zero-order valence-electron chi connectivity index (χ0n) is 9.78. The number of thiazole rings is 1. The molecule has 17 heavy (non-hydrogen) atoms. The highest BCUT2D eigenvalue weighted by Gasteiger charge is 2.18. The first-order valence-electron chi connectivity index (χ1n) is 5.14. The average Bonchev–Trinajstić information content (AvgIpc) is 2.53. The SMILES string of the molecule is CC(C)(C)OC(=O)c1ccc2nc(Br)sc2c1. The normalized spacial score (nSPS) is 11.8. The molecular weight excluding hydrogens is 302 g/mol. The van der Waals surface area contributed by atoms with E-state index in [1.165, 1.54) is 11.3 Å². The monoisotopic (exact) mass is 313 g/mol. The summed E-state index contributed by atoms with van der Waals surface area (Å²) in [6.07, 6.45) is 0. The van der Waals surface area contributed by atoms with E-state index in [0.29, 0.717) is 5.56 Å². The van der Waals surface area contributed by atoms with Gasteiger partial charge in [-0.3, -0.25) is 0 Å². The topological polar surface area (TPSA) is 39.2 Å². The fourth-order valence-electron chi connectivity index (χ4n) is 1.36. The van der Waals surface area contributed by atoms with Crippen LogP contribution in [0.5, 0.6) is 0 Å². The fraction of sp³-hybridized carbons (Fsp3) is 0.333. The van der Waals surface area contributed by atoms with Crippen molar-refractivity contribution in [2.75, 3.05) is 0 Å². The Labute approximate surface area is 112 Å². The van der Waals surface area contributed by atoms with Crippen LogP contribution < -0.4 is 0 Å². The summed E-state index contributed by atoms with van der Waals surface area (Å²) in [7, 11) is 0. The summed E-state index contributed by atoms with van der Waals surface area (Å²) in [5.74, 6) is -0.302. The van der Waals surface area contributed by atoms with E-state index in [1.54, 1.807) is 6.07 Å². The van der Waals surface area contributed by atoms with Gasteiger partial charge in [0, 0.05) is 0 Å². The third kappa shape index (κ3) is 3.04. The molecule has 1 aromatic heterocycles. The molecule has 0 radical (unpaired) electrons. The Morgan fingerprint density at radius 1 is 1.41 bits per heavy atom. The summed E-state index contributed by atoms with van der Waals surface area (Å²) < 4.78 is 7.10. The third-order valence-corrected chi connectivity index (χ3v) is 3.47. The molecule has 2 rings (SSSR count). The van der Waals surface area contributed by atoms with Crippen molar-refractivity contribution in [1.82, 2.24) is 4.98 Å². The van der Waals surface area contributed by atoms with Crippen molar-refractivity contribution in [3.63, 3.8) is 0 Å². The highest BCUT2D eigenvalue weighted by molar-refractivity contribution is 9.11. The van der Waals surface area contributed by atoms with Gasteiger partial charge in [-0.15, -0.1) is 11.3 Å². The van der Waals surface area contributed by atoms with Crippen molar-refractivity contribution < 1.29 is 9.53 Å². The summed E-state index contributed by atoms with van der Waals surface area (Å²) in [6.45, 7) is 5.56. The van der Waals surface area contributed by atoms with E-state index >= 15 is 0 Å². The Kier molecular flexibility index (Phi) is 3.23. The predicted octanol–water partition coefficient (Wildman–Crippen LogP) is 4.01. The maximum atomic E-state index is 11.9. The number of hydrogen-bond acceptors (Lipinski definition) is 4. The van der Waals surface area contributed by atoms with Gasteiger partial charge in [-0.05, 0) is 54.9 Å². The molecule has 0 aliphatic heterocycles. The van der Waals surface area contributed by atoms with Gasteiger partial charge < -0.3 is 4.74 Å². The molecule has 1 aromatic carbocycles. The fourth-order valence-corrected chi connectivity index (χ4v) is 2.80. The zero-order valence-corrected chi connectivity index (χ0v) is 12.2. The maximum absolute atomic E-state index is 11.9. The van der Waals surface area contributed by atoms with Crippen molar-refractivity contribution in [3.8, 4) is 0 Å². The van der Waals surface area contributed by atoms with Crippen LogP contribution in [-0.2, 0) is 4.74 Å². The molecule has 2 aromatic rings. The standard InChI is InChI=1S/C12H12BrNO2S/c1-12(2,3)16-10(15)7-4-5-8-9(6-7)17-11(13)14-8/h4-6H,1-3H3. The number of halogens is 1. The van der Waals surface area contributed by atoms with Crippen molar-refractivity contribution in [2.24, 2.45) is 0 Å². The molecule has 0 atom stereocenters. The first kappa shape index (κ1) is 12.5. The van der Waals surface area contributed by atoms with Crippen LogP contribution >= 0.6 is 27.3 Å². The van der Waals surface area contributed by atoms with Crippen molar-refractivity contribution >= 4 is 43.5 Å². The lowest BCUT2D eigenvalue weighted by Crippen LogP contribution is -2.23. The molecule has 0 saturated carbocycles. The number of fused-ring (bicyclic) bond motifs is 1. The summed E-state index contributed by atoms with van der Waals surface area (Å²) >= 11 is 4.83. The number of carbonyl (C=O) groups is 1. The first-order valence-corrected chi connectivity index (χ1v) is 6.75. The minimum atomic E-state index is -0.472. The van der Waals surface area contributed by atoms with Crippen LogP contribution in [0.4, 0.5) is 0 Å². The van der Waals surface area contributed by atoms with E-state index in [1.807, 2.05) is 32.9 Å². The minimum Gasteiger partial charge on any atom is -0.456 e. The summed E-state index contributed by atoms with van der Waals surface area (Å²) in [5, 5.41) is 0. The molecule has 0 aliphatic carbocycles. The third-order valence-electron chi connectivity index (χ3n) is 2.00. The van der Waals surface area contributed by atoms with Crippen LogP contribution in [0.15, 0.2) is 22.1 Å². The number of nitrogens with zero attached hydrogens (tertiary/aromatic N) is 1. The lowest BCUT2D eigenvalue weighted by molar-refractivity contribution is 0.00698. The van der Waals surface area contributed by atoms with Crippen molar-refractivity contribution in [3.05, 3.63) is 27.7 Å². The molecule has 3 nitrogen and oxygen atoms in total. The molecule has 1 heterocycles. The van der Waals surface area contributed by atoms with Gasteiger partial charge in [0.2, 0.25) is 0 Å². The molecule has 0 bridgehead atoms. The average molecular weight is 314 g/mol. The van der Waals surface area contributed by atoms with Gasteiger partial charge in [-0.1, -0.05) is 0 Å². The number of ether oxygens (including phenoxy) is 1. The molecule has 5 heteroatoms. The lowest BCUT2D eigenvalue weighted by Gasteiger charge is -2.19. The Balaban J connectivity index is 2.33. The van der Waals surface area contributed by atoms with Crippen LogP contribution in [-0.4, -0.2) is 16.6 Å². The van der Waals surface area contributed by atoms with E-state index in [-0.39, 0.29) is 5.97 Å². The van der Waals surface area contributed by atoms with Gasteiger partial charge in [0.1, 0.15) is 5.60 Å². The Bertz CT molecular complexity index is 571. The van der Waals surface area contributed by atoms with E-state index in [9.17, 15) is 4.79 Å². The van der Waals surface area contributed by atoms with Gasteiger partial charge in [-0.25, -0.2) is 9.78 Å². The molecule has 0 saturated heterocycles. The molecule has 0 spiro atoms. The molecule has 0 aliphatic rings. The van der Waals surface area contributed by atoms with Crippen molar-refractivity contribution in [2.45, 2.75) is 26.4 Å². The molecular formula is C12H12BrNO2S. The predicted molar refractivity (Wildman–Crippen MR) is 72.5 cm³/mol. The Morgan fingerprint density at radius 3 is 2.76 bits per heavy atom. The number of carbonyl (C=O) groups excluding carboxylic acids is 1. The summed E-state index contributed by atoms with van der Waals surface area (Å²) in [4.78, 5) is 16.1. The molecule has 0 fully saturated rings. The second-order valence-electron chi connectivity index (χ2n) is 4.65. The van der Waals surface area contributed by atoms with E-state index in [2.05, 4.69) is 20.9 Å². The van der Waals surface area contributed by atoms with Gasteiger partial charge in [-0.2, -0.15) is 0 Å².